The Labute approximate surface area is 197 Å². The third kappa shape index (κ3) is 5.57. The van der Waals surface area contributed by atoms with E-state index in [1.165, 1.54) is 12.8 Å². The van der Waals surface area contributed by atoms with Crippen LogP contribution in [0.15, 0.2) is 30.3 Å². The first-order chi connectivity index (χ1) is 16.1. The molecule has 1 aromatic rings. The SMILES string of the molecule is CCCCN1CCN(C(=O)C2CN(CCCOC)CC3C(=O)N(c4ccccc4)NC23)CC1. The van der Waals surface area contributed by atoms with E-state index < -0.39 is 0 Å². The lowest BCUT2D eigenvalue weighted by atomic mass is 9.83. The maximum absolute atomic E-state index is 13.7. The number of para-hydroxylation sites is 1. The van der Waals surface area contributed by atoms with Crippen LogP contribution in [0.2, 0.25) is 0 Å². The minimum atomic E-state index is -0.230. The average molecular weight is 458 g/mol. The highest BCUT2D eigenvalue weighted by molar-refractivity contribution is 5.98. The Balaban J connectivity index is 1.47. The number of hydrazine groups is 1. The van der Waals surface area contributed by atoms with Crippen molar-refractivity contribution in [2.45, 2.75) is 32.2 Å². The first kappa shape index (κ1) is 24.1. The van der Waals surface area contributed by atoms with Gasteiger partial charge in [0.05, 0.1) is 23.6 Å². The van der Waals surface area contributed by atoms with Crippen molar-refractivity contribution >= 4 is 17.5 Å². The number of ether oxygens (including phenoxy) is 1. The summed E-state index contributed by atoms with van der Waals surface area (Å²) in [5.41, 5.74) is 4.26. The smallest absolute Gasteiger partial charge is 0.247 e. The van der Waals surface area contributed by atoms with E-state index in [0.717, 1.165) is 51.4 Å². The van der Waals surface area contributed by atoms with Gasteiger partial charge in [0.25, 0.3) is 0 Å². The quantitative estimate of drug-likeness (QED) is 0.566. The molecule has 8 heteroatoms. The fourth-order valence-electron chi connectivity index (χ4n) is 5.36. The Morgan fingerprint density at radius 1 is 1.03 bits per heavy atom. The lowest BCUT2D eigenvalue weighted by Crippen LogP contribution is -2.59. The number of methoxy groups -OCH3 is 1. The summed E-state index contributed by atoms with van der Waals surface area (Å²) in [6, 6.07) is 9.52. The van der Waals surface area contributed by atoms with Crippen molar-refractivity contribution in [1.29, 1.82) is 0 Å². The van der Waals surface area contributed by atoms with Crippen LogP contribution >= 0.6 is 0 Å². The first-order valence-corrected chi connectivity index (χ1v) is 12.5. The Hall–Kier alpha value is -2.00. The molecular weight excluding hydrogens is 418 g/mol. The first-order valence-electron chi connectivity index (χ1n) is 12.5. The normalized spacial score (nSPS) is 26.6. The summed E-state index contributed by atoms with van der Waals surface area (Å²) >= 11 is 0. The topological polar surface area (TPSA) is 68.4 Å². The highest BCUT2D eigenvalue weighted by Crippen LogP contribution is 2.33. The van der Waals surface area contributed by atoms with Crippen molar-refractivity contribution in [3.05, 3.63) is 30.3 Å². The maximum atomic E-state index is 13.7. The van der Waals surface area contributed by atoms with E-state index in [4.69, 9.17) is 4.74 Å². The monoisotopic (exact) mass is 457 g/mol. The molecule has 8 nitrogen and oxygen atoms in total. The van der Waals surface area contributed by atoms with Gasteiger partial charge in [-0.2, -0.15) is 0 Å². The van der Waals surface area contributed by atoms with Gasteiger partial charge in [-0.25, -0.2) is 10.4 Å². The van der Waals surface area contributed by atoms with Crippen LogP contribution in [0.4, 0.5) is 5.69 Å². The fourth-order valence-corrected chi connectivity index (χ4v) is 5.36. The van der Waals surface area contributed by atoms with Crippen LogP contribution in [0.25, 0.3) is 0 Å². The molecule has 3 fully saturated rings. The second-order valence-electron chi connectivity index (χ2n) is 9.50. The molecule has 0 saturated carbocycles. The highest BCUT2D eigenvalue weighted by atomic mass is 16.5. The van der Waals surface area contributed by atoms with E-state index >= 15 is 0 Å². The highest BCUT2D eigenvalue weighted by Gasteiger charge is 2.51. The number of hydrogen-bond donors (Lipinski definition) is 1. The van der Waals surface area contributed by atoms with Crippen LogP contribution in [0.5, 0.6) is 0 Å². The molecule has 0 bridgehead atoms. The lowest BCUT2D eigenvalue weighted by molar-refractivity contribution is -0.141. The molecule has 3 atom stereocenters. The van der Waals surface area contributed by atoms with Crippen molar-refractivity contribution in [3.8, 4) is 0 Å². The molecule has 3 saturated heterocycles. The number of anilines is 1. The maximum Gasteiger partial charge on any atom is 0.247 e. The van der Waals surface area contributed by atoms with Gasteiger partial charge in [-0.15, -0.1) is 0 Å². The number of fused-ring (bicyclic) bond motifs is 1. The molecule has 0 radical (unpaired) electrons. The predicted octanol–water partition coefficient (Wildman–Crippen LogP) is 1.44. The molecule has 3 heterocycles. The number of piperidine rings is 1. The van der Waals surface area contributed by atoms with Gasteiger partial charge in [0, 0.05) is 59.5 Å². The third-order valence-electron chi connectivity index (χ3n) is 7.26. The Kier molecular flexibility index (Phi) is 8.35. The van der Waals surface area contributed by atoms with E-state index in [1.807, 2.05) is 35.2 Å². The molecule has 1 aromatic carbocycles. The molecule has 4 rings (SSSR count). The zero-order valence-electron chi connectivity index (χ0n) is 20.1. The average Bonchev–Trinajstić information content (AvgIpc) is 3.19. The summed E-state index contributed by atoms with van der Waals surface area (Å²) in [5, 5.41) is 1.66. The number of hydrogen-bond acceptors (Lipinski definition) is 6. The molecule has 0 aliphatic carbocycles. The molecule has 3 aliphatic rings. The van der Waals surface area contributed by atoms with Gasteiger partial charge >= 0.3 is 0 Å². The largest absolute Gasteiger partial charge is 0.385 e. The molecule has 3 aliphatic heterocycles. The number of likely N-dealkylation sites (tertiary alicyclic amines) is 1. The van der Waals surface area contributed by atoms with Gasteiger partial charge < -0.3 is 14.5 Å². The minimum Gasteiger partial charge on any atom is -0.385 e. The van der Waals surface area contributed by atoms with Crippen LogP contribution in [0.3, 0.4) is 0 Å². The van der Waals surface area contributed by atoms with Crippen molar-refractivity contribution in [1.82, 2.24) is 20.1 Å². The van der Waals surface area contributed by atoms with Gasteiger partial charge in [0.15, 0.2) is 0 Å². The summed E-state index contributed by atoms with van der Waals surface area (Å²) in [6.07, 6.45) is 3.30. The molecule has 0 spiro atoms. The fraction of sp³-hybridized carbons (Fsp3) is 0.680. The number of rotatable bonds is 9. The summed E-state index contributed by atoms with van der Waals surface area (Å²) in [4.78, 5) is 33.9. The zero-order valence-corrected chi connectivity index (χ0v) is 20.1. The van der Waals surface area contributed by atoms with Crippen molar-refractivity contribution in [2.75, 3.05) is 71.1 Å². The van der Waals surface area contributed by atoms with E-state index in [1.54, 1.807) is 12.1 Å². The van der Waals surface area contributed by atoms with Gasteiger partial charge in [0.2, 0.25) is 11.8 Å². The van der Waals surface area contributed by atoms with Crippen LogP contribution in [-0.4, -0.2) is 98.6 Å². The minimum absolute atomic E-state index is 0.0600. The molecule has 182 valence electrons. The number of amides is 2. The van der Waals surface area contributed by atoms with Gasteiger partial charge in [-0.05, 0) is 31.5 Å². The third-order valence-corrected chi connectivity index (χ3v) is 7.26. The Bertz CT molecular complexity index is 784. The van der Waals surface area contributed by atoms with E-state index in [-0.39, 0.29) is 29.7 Å². The number of benzene rings is 1. The summed E-state index contributed by atoms with van der Waals surface area (Å²) in [6.45, 7) is 9.64. The summed E-state index contributed by atoms with van der Waals surface area (Å²) in [5.74, 6) is -0.205. The summed E-state index contributed by atoms with van der Waals surface area (Å²) in [7, 11) is 1.71. The van der Waals surface area contributed by atoms with Crippen LogP contribution < -0.4 is 10.4 Å². The molecule has 1 N–H and O–H groups in total. The second kappa shape index (κ2) is 11.4. The van der Waals surface area contributed by atoms with Gasteiger partial charge in [-0.3, -0.25) is 14.5 Å². The van der Waals surface area contributed by atoms with Crippen LogP contribution in [-0.2, 0) is 14.3 Å². The van der Waals surface area contributed by atoms with Crippen LogP contribution in [0.1, 0.15) is 26.2 Å². The number of unbranched alkanes of at least 4 members (excludes halogenated alkanes) is 1. The predicted molar refractivity (Wildman–Crippen MR) is 129 cm³/mol. The number of piperazine rings is 1. The molecule has 0 aromatic heterocycles. The van der Waals surface area contributed by atoms with E-state index in [0.29, 0.717) is 19.7 Å². The van der Waals surface area contributed by atoms with Gasteiger partial charge in [0.1, 0.15) is 0 Å². The van der Waals surface area contributed by atoms with Crippen molar-refractivity contribution in [2.24, 2.45) is 11.8 Å². The van der Waals surface area contributed by atoms with E-state index in [9.17, 15) is 9.59 Å². The molecular formula is C25H39N5O3. The van der Waals surface area contributed by atoms with Gasteiger partial charge in [-0.1, -0.05) is 31.5 Å². The Morgan fingerprint density at radius 2 is 1.76 bits per heavy atom. The number of nitrogens with zero attached hydrogens (tertiary/aromatic N) is 4. The summed E-state index contributed by atoms with van der Waals surface area (Å²) < 4.78 is 5.23. The second-order valence-corrected chi connectivity index (χ2v) is 9.50. The standard InChI is InChI=1S/C25H39N5O3/c1-3-4-11-27-13-15-29(16-14-27)24(31)21-18-28(12-8-17-33-2)19-22-23(21)26-30(25(22)32)20-9-6-5-7-10-20/h5-7,9-10,21-23,26H,3-4,8,11-19H2,1-2H3. The number of carbonyl (C=O) groups excluding carboxylic acids is 2. The lowest BCUT2D eigenvalue weighted by Gasteiger charge is -2.42. The molecule has 33 heavy (non-hydrogen) atoms. The van der Waals surface area contributed by atoms with Crippen molar-refractivity contribution < 1.29 is 14.3 Å². The number of nitrogens with one attached hydrogen (secondary N) is 1. The Morgan fingerprint density at radius 3 is 2.45 bits per heavy atom. The zero-order chi connectivity index (χ0) is 23.2. The molecule has 3 unspecified atom stereocenters. The van der Waals surface area contributed by atoms with Crippen LogP contribution in [0, 0.1) is 11.8 Å². The molecule has 2 amide bonds. The number of carbonyl (C=O) groups is 2. The van der Waals surface area contributed by atoms with E-state index in [2.05, 4.69) is 22.1 Å². The van der Waals surface area contributed by atoms with Crippen molar-refractivity contribution in [3.63, 3.8) is 0 Å².